The minimum atomic E-state index is 0.466. The van der Waals surface area contributed by atoms with Gasteiger partial charge in [0.1, 0.15) is 0 Å². The highest BCUT2D eigenvalue weighted by molar-refractivity contribution is 5.77. The summed E-state index contributed by atoms with van der Waals surface area (Å²) >= 11 is 0. The number of nitrogens with two attached hydrogens (primary N) is 1. The van der Waals surface area contributed by atoms with Crippen molar-refractivity contribution >= 4 is 5.96 Å². The average Bonchev–Trinajstić information content (AvgIpc) is 2.41. The SMILES string of the molecule is CC(C)CCCOCCNC(N)=NCCOCCC(C)C. The molecule has 0 heterocycles. The van der Waals surface area contributed by atoms with E-state index in [0.717, 1.165) is 32.0 Å². The fraction of sp³-hybridized carbons (Fsp3) is 0.938. The number of hydrogen-bond donors (Lipinski definition) is 2. The Bertz CT molecular complexity index is 256. The van der Waals surface area contributed by atoms with Crippen LogP contribution in [0.1, 0.15) is 47.0 Å². The van der Waals surface area contributed by atoms with E-state index >= 15 is 0 Å². The van der Waals surface area contributed by atoms with Crippen LogP contribution in [-0.4, -0.2) is 45.5 Å². The van der Waals surface area contributed by atoms with Gasteiger partial charge in [0.25, 0.3) is 0 Å². The van der Waals surface area contributed by atoms with Crippen molar-refractivity contribution in [3.63, 3.8) is 0 Å². The zero-order chi connectivity index (χ0) is 15.9. The molecule has 0 radical (unpaired) electrons. The van der Waals surface area contributed by atoms with Crippen molar-refractivity contribution in [1.82, 2.24) is 5.32 Å². The number of hydrogen-bond acceptors (Lipinski definition) is 3. The van der Waals surface area contributed by atoms with Gasteiger partial charge >= 0.3 is 0 Å². The Morgan fingerprint density at radius 1 is 0.952 bits per heavy atom. The van der Waals surface area contributed by atoms with Crippen molar-refractivity contribution in [2.75, 3.05) is 39.5 Å². The number of guanidine groups is 1. The summed E-state index contributed by atoms with van der Waals surface area (Å²) in [6, 6.07) is 0. The number of aliphatic imine (C=N–C) groups is 1. The highest BCUT2D eigenvalue weighted by Gasteiger charge is 1.96. The molecule has 5 heteroatoms. The molecule has 126 valence electrons. The summed E-state index contributed by atoms with van der Waals surface area (Å²) < 4.78 is 11.0. The van der Waals surface area contributed by atoms with Gasteiger partial charge in [-0.05, 0) is 31.1 Å². The van der Waals surface area contributed by atoms with E-state index in [1.54, 1.807) is 0 Å². The molecule has 0 amide bonds. The molecule has 0 atom stereocenters. The maximum Gasteiger partial charge on any atom is 0.188 e. The topological polar surface area (TPSA) is 68.9 Å². The van der Waals surface area contributed by atoms with Crippen molar-refractivity contribution in [2.45, 2.75) is 47.0 Å². The van der Waals surface area contributed by atoms with Crippen LogP contribution in [0.4, 0.5) is 0 Å². The van der Waals surface area contributed by atoms with Gasteiger partial charge in [-0.15, -0.1) is 0 Å². The zero-order valence-corrected chi connectivity index (χ0v) is 14.4. The Morgan fingerprint density at radius 3 is 2.29 bits per heavy atom. The first kappa shape index (κ1) is 20.2. The highest BCUT2D eigenvalue weighted by atomic mass is 16.5. The third-order valence-electron chi connectivity index (χ3n) is 2.98. The smallest absolute Gasteiger partial charge is 0.188 e. The molecule has 0 unspecified atom stereocenters. The molecule has 0 aliphatic heterocycles. The molecule has 0 fully saturated rings. The largest absolute Gasteiger partial charge is 0.380 e. The predicted octanol–water partition coefficient (Wildman–Crippen LogP) is 2.41. The summed E-state index contributed by atoms with van der Waals surface area (Å²) in [6.45, 7) is 13.0. The number of rotatable bonds is 13. The summed E-state index contributed by atoms with van der Waals surface area (Å²) in [5, 5.41) is 3.04. The van der Waals surface area contributed by atoms with Crippen LogP contribution in [0, 0.1) is 11.8 Å². The maximum absolute atomic E-state index is 5.75. The quantitative estimate of drug-likeness (QED) is 0.311. The van der Waals surface area contributed by atoms with Crippen molar-refractivity contribution in [2.24, 2.45) is 22.6 Å². The Labute approximate surface area is 130 Å². The van der Waals surface area contributed by atoms with Gasteiger partial charge in [-0.1, -0.05) is 27.7 Å². The van der Waals surface area contributed by atoms with Gasteiger partial charge in [0, 0.05) is 19.8 Å². The van der Waals surface area contributed by atoms with E-state index in [2.05, 4.69) is 38.0 Å². The Morgan fingerprint density at radius 2 is 1.62 bits per heavy atom. The first-order valence-electron chi connectivity index (χ1n) is 8.21. The van der Waals surface area contributed by atoms with E-state index < -0.39 is 0 Å². The summed E-state index contributed by atoms with van der Waals surface area (Å²) in [6.07, 6.45) is 3.42. The summed E-state index contributed by atoms with van der Waals surface area (Å²) in [5.41, 5.74) is 5.75. The van der Waals surface area contributed by atoms with E-state index in [-0.39, 0.29) is 0 Å². The van der Waals surface area contributed by atoms with Gasteiger partial charge in [-0.25, -0.2) is 0 Å². The highest BCUT2D eigenvalue weighted by Crippen LogP contribution is 2.02. The van der Waals surface area contributed by atoms with Gasteiger partial charge < -0.3 is 20.5 Å². The Balaban J connectivity index is 3.32. The van der Waals surface area contributed by atoms with E-state index in [4.69, 9.17) is 15.2 Å². The van der Waals surface area contributed by atoms with Crippen LogP contribution in [0.3, 0.4) is 0 Å². The van der Waals surface area contributed by atoms with Crippen LogP contribution in [0.2, 0.25) is 0 Å². The van der Waals surface area contributed by atoms with Gasteiger partial charge in [0.15, 0.2) is 5.96 Å². The predicted molar refractivity (Wildman–Crippen MR) is 89.7 cm³/mol. The van der Waals surface area contributed by atoms with Crippen molar-refractivity contribution in [3.05, 3.63) is 0 Å². The molecule has 0 aromatic heterocycles. The lowest BCUT2D eigenvalue weighted by Gasteiger charge is -2.08. The van der Waals surface area contributed by atoms with E-state index in [0.29, 0.717) is 38.2 Å². The van der Waals surface area contributed by atoms with Crippen molar-refractivity contribution < 1.29 is 9.47 Å². The second-order valence-electron chi connectivity index (χ2n) is 6.14. The van der Waals surface area contributed by atoms with Gasteiger partial charge in [0.2, 0.25) is 0 Å². The van der Waals surface area contributed by atoms with E-state index in [9.17, 15) is 0 Å². The molecule has 0 aliphatic rings. The van der Waals surface area contributed by atoms with Crippen LogP contribution >= 0.6 is 0 Å². The minimum Gasteiger partial charge on any atom is -0.380 e. The lowest BCUT2D eigenvalue weighted by atomic mass is 10.1. The molecule has 3 N–H and O–H groups in total. The molecular formula is C16H35N3O2. The standard InChI is InChI=1S/C16H35N3O2/c1-14(2)6-5-10-20-12-8-18-16(17)19-9-13-21-11-7-15(3)4/h14-15H,5-13H2,1-4H3,(H3,17,18,19). The molecule has 0 spiro atoms. The van der Waals surface area contributed by atoms with Crippen molar-refractivity contribution in [1.29, 1.82) is 0 Å². The third kappa shape index (κ3) is 17.1. The molecule has 0 aliphatic carbocycles. The first-order chi connectivity index (χ1) is 10.0. The fourth-order valence-corrected chi connectivity index (χ4v) is 1.65. The second-order valence-corrected chi connectivity index (χ2v) is 6.14. The molecule has 5 nitrogen and oxygen atoms in total. The number of ether oxygens (including phenoxy) is 2. The zero-order valence-electron chi connectivity index (χ0n) is 14.4. The van der Waals surface area contributed by atoms with Gasteiger partial charge in [-0.3, -0.25) is 4.99 Å². The number of nitrogens with zero attached hydrogens (tertiary/aromatic N) is 1. The van der Waals surface area contributed by atoms with Gasteiger partial charge in [0.05, 0.1) is 19.8 Å². The monoisotopic (exact) mass is 301 g/mol. The lowest BCUT2D eigenvalue weighted by Crippen LogP contribution is -2.34. The molecule has 0 saturated carbocycles. The van der Waals surface area contributed by atoms with E-state index in [1.807, 2.05) is 0 Å². The summed E-state index contributed by atoms with van der Waals surface area (Å²) in [4.78, 5) is 4.20. The summed E-state index contributed by atoms with van der Waals surface area (Å²) in [7, 11) is 0. The normalized spacial score (nSPS) is 12.4. The van der Waals surface area contributed by atoms with Crippen LogP contribution in [-0.2, 0) is 9.47 Å². The second kappa shape index (κ2) is 14.1. The fourth-order valence-electron chi connectivity index (χ4n) is 1.65. The van der Waals surface area contributed by atoms with Crippen LogP contribution in [0.5, 0.6) is 0 Å². The molecule has 0 aromatic carbocycles. The van der Waals surface area contributed by atoms with Crippen molar-refractivity contribution in [3.8, 4) is 0 Å². The maximum atomic E-state index is 5.75. The van der Waals surface area contributed by atoms with Crippen LogP contribution in [0.25, 0.3) is 0 Å². The lowest BCUT2D eigenvalue weighted by molar-refractivity contribution is 0.130. The first-order valence-corrected chi connectivity index (χ1v) is 8.21. The Kier molecular flexibility index (Phi) is 13.6. The molecule has 0 bridgehead atoms. The third-order valence-corrected chi connectivity index (χ3v) is 2.98. The molecule has 0 aromatic rings. The average molecular weight is 301 g/mol. The summed E-state index contributed by atoms with van der Waals surface area (Å²) in [5.74, 6) is 1.89. The van der Waals surface area contributed by atoms with E-state index in [1.165, 1.54) is 6.42 Å². The molecule has 0 saturated heterocycles. The molecular weight excluding hydrogens is 266 g/mol. The Hall–Kier alpha value is -0.810. The van der Waals surface area contributed by atoms with Crippen LogP contribution < -0.4 is 11.1 Å². The van der Waals surface area contributed by atoms with Gasteiger partial charge in [-0.2, -0.15) is 0 Å². The molecule has 21 heavy (non-hydrogen) atoms. The minimum absolute atomic E-state index is 0.466. The molecule has 0 rings (SSSR count). The van der Waals surface area contributed by atoms with Crippen LogP contribution in [0.15, 0.2) is 4.99 Å². The number of nitrogens with one attached hydrogen (secondary N) is 1.